The lowest BCUT2D eigenvalue weighted by atomic mass is 10.0. The molecule has 1 aromatic rings. The van der Waals surface area contributed by atoms with Crippen LogP contribution in [0.2, 0.25) is 0 Å². The normalized spacial score (nSPS) is 21.8. The molecule has 0 spiro atoms. The molecular formula is C19H32N2O2S. The van der Waals surface area contributed by atoms with Crippen molar-refractivity contribution in [3.05, 3.63) is 15.6 Å². The van der Waals surface area contributed by atoms with Gasteiger partial charge in [-0.1, -0.05) is 47.5 Å². The molecule has 1 fully saturated rings. The van der Waals surface area contributed by atoms with Gasteiger partial charge in [-0.05, 0) is 19.3 Å². The first-order valence-electron chi connectivity index (χ1n) is 9.25. The lowest BCUT2D eigenvalue weighted by Gasteiger charge is -2.39. The molecule has 0 aliphatic carbocycles. The average Bonchev–Trinajstić information content (AvgIpc) is 2.94. The molecule has 4 nitrogen and oxygen atoms in total. The molecule has 1 amide bonds. The van der Waals surface area contributed by atoms with E-state index in [-0.39, 0.29) is 18.1 Å². The van der Waals surface area contributed by atoms with Crippen molar-refractivity contribution in [3.8, 4) is 0 Å². The summed E-state index contributed by atoms with van der Waals surface area (Å²) in [6.07, 6.45) is 3.62. The van der Waals surface area contributed by atoms with Gasteiger partial charge in [0.25, 0.3) is 5.91 Å². The highest BCUT2D eigenvalue weighted by atomic mass is 32.1. The zero-order valence-electron chi connectivity index (χ0n) is 16.0. The highest BCUT2D eigenvalue weighted by Gasteiger charge is 2.33. The Bertz CT molecular complexity index is 554. The average molecular weight is 353 g/mol. The summed E-state index contributed by atoms with van der Waals surface area (Å²) in [5.74, 6) is 0.909. The van der Waals surface area contributed by atoms with Crippen molar-refractivity contribution >= 4 is 17.2 Å². The molecule has 136 valence electrons. The molecule has 24 heavy (non-hydrogen) atoms. The smallest absolute Gasteiger partial charge is 0.266 e. The van der Waals surface area contributed by atoms with Crippen molar-refractivity contribution in [2.45, 2.75) is 78.9 Å². The lowest BCUT2D eigenvalue weighted by Crippen LogP contribution is -2.51. The highest BCUT2D eigenvalue weighted by Crippen LogP contribution is 2.28. The summed E-state index contributed by atoms with van der Waals surface area (Å²) in [5, 5.41) is 1.05. The number of thiazole rings is 1. The van der Waals surface area contributed by atoms with E-state index in [1.54, 1.807) is 11.3 Å². The van der Waals surface area contributed by atoms with Gasteiger partial charge in [-0.25, -0.2) is 4.98 Å². The molecule has 1 aliphatic heterocycles. The summed E-state index contributed by atoms with van der Waals surface area (Å²) in [7, 11) is 0. The fourth-order valence-corrected chi connectivity index (χ4v) is 4.04. The van der Waals surface area contributed by atoms with Crippen molar-refractivity contribution in [3.63, 3.8) is 0 Å². The van der Waals surface area contributed by atoms with Crippen molar-refractivity contribution < 1.29 is 9.53 Å². The third-order valence-corrected chi connectivity index (χ3v) is 6.05. The molecule has 1 saturated heterocycles. The number of hydrogen-bond acceptors (Lipinski definition) is 4. The molecule has 0 saturated carbocycles. The first kappa shape index (κ1) is 19.4. The largest absolute Gasteiger partial charge is 0.371 e. The Kier molecular flexibility index (Phi) is 6.81. The van der Waals surface area contributed by atoms with E-state index in [1.807, 2.05) is 11.8 Å². The van der Waals surface area contributed by atoms with Crippen LogP contribution in [0.25, 0.3) is 0 Å². The summed E-state index contributed by atoms with van der Waals surface area (Å²) in [6, 6.07) is 0. The highest BCUT2D eigenvalue weighted by molar-refractivity contribution is 7.13. The summed E-state index contributed by atoms with van der Waals surface area (Å²) in [6.45, 7) is 14.1. The van der Waals surface area contributed by atoms with Gasteiger partial charge in [0.15, 0.2) is 0 Å². The third kappa shape index (κ3) is 4.57. The van der Waals surface area contributed by atoms with Crippen LogP contribution in [0.4, 0.5) is 0 Å². The quantitative estimate of drug-likeness (QED) is 0.749. The minimum absolute atomic E-state index is 0.127. The predicted molar refractivity (Wildman–Crippen MR) is 99.9 cm³/mol. The van der Waals surface area contributed by atoms with E-state index in [4.69, 9.17) is 4.74 Å². The molecule has 5 heteroatoms. The number of carbonyl (C=O) groups is 1. The van der Waals surface area contributed by atoms with Gasteiger partial charge in [-0.15, -0.1) is 11.3 Å². The summed E-state index contributed by atoms with van der Waals surface area (Å²) < 4.78 is 6.23. The molecular weight excluding hydrogens is 320 g/mol. The van der Waals surface area contributed by atoms with E-state index < -0.39 is 0 Å². The minimum Gasteiger partial charge on any atom is -0.371 e. The fourth-order valence-electron chi connectivity index (χ4n) is 3.00. The first-order valence-corrected chi connectivity index (χ1v) is 10.1. The second-order valence-corrected chi connectivity index (χ2v) is 8.54. The van der Waals surface area contributed by atoms with Crippen molar-refractivity contribution in [1.29, 1.82) is 0 Å². The Morgan fingerprint density at radius 1 is 1.33 bits per heavy atom. The Hall–Kier alpha value is -0.940. The van der Waals surface area contributed by atoms with Gasteiger partial charge < -0.3 is 9.64 Å². The third-order valence-electron chi connectivity index (χ3n) is 4.60. The van der Waals surface area contributed by atoms with Crippen LogP contribution in [-0.2, 0) is 4.74 Å². The first-order chi connectivity index (χ1) is 11.3. The number of hydrogen-bond donors (Lipinski definition) is 0. The standard InChI is InChI=1S/C19H32N2O2S/c1-7-8-9-15-10-21(11-16(23-15)12(2)3)19(22)17-14(6)20-18(24-17)13(4)5/h12-13,15-16H,7-11H2,1-6H3/t15-,16-/m1/s1. The van der Waals surface area contributed by atoms with Gasteiger partial charge in [0.2, 0.25) is 0 Å². The molecule has 0 radical (unpaired) electrons. The molecule has 0 aromatic carbocycles. The fraction of sp³-hybridized carbons (Fsp3) is 0.789. The lowest BCUT2D eigenvalue weighted by molar-refractivity contribution is -0.0962. The Morgan fingerprint density at radius 3 is 2.58 bits per heavy atom. The van der Waals surface area contributed by atoms with Crippen LogP contribution in [0.1, 0.15) is 80.2 Å². The Labute approximate surface area is 150 Å². The van der Waals surface area contributed by atoms with Crippen LogP contribution in [0.5, 0.6) is 0 Å². The zero-order valence-corrected chi connectivity index (χ0v) is 16.8. The number of ether oxygens (including phenoxy) is 1. The molecule has 1 aromatic heterocycles. The number of unbranched alkanes of at least 4 members (excludes halogenated alkanes) is 1. The monoisotopic (exact) mass is 352 g/mol. The molecule has 1 aliphatic rings. The maximum Gasteiger partial charge on any atom is 0.266 e. The number of amides is 1. The van der Waals surface area contributed by atoms with Crippen molar-refractivity contribution in [2.75, 3.05) is 13.1 Å². The van der Waals surface area contributed by atoms with Crippen LogP contribution in [0, 0.1) is 12.8 Å². The number of aryl methyl sites for hydroxylation is 1. The van der Waals surface area contributed by atoms with Crippen LogP contribution in [0.15, 0.2) is 0 Å². The summed E-state index contributed by atoms with van der Waals surface area (Å²) in [5.41, 5.74) is 0.867. The van der Waals surface area contributed by atoms with Crippen LogP contribution in [-0.4, -0.2) is 41.1 Å². The van der Waals surface area contributed by atoms with Gasteiger partial charge in [0, 0.05) is 19.0 Å². The molecule has 0 bridgehead atoms. The molecule has 2 atom stereocenters. The molecule has 2 rings (SSSR count). The van der Waals surface area contributed by atoms with Gasteiger partial charge in [-0.2, -0.15) is 0 Å². The minimum atomic E-state index is 0.127. The summed E-state index contributed by atoms with van der Waals surface area (Å²) in [4.78, 5) is 20.5. The van der Waals surface area contributed by atoms with Crippen LogP contribution < -0.4 is 0 Å². The van der Waals surface area contributed by atoms with E-state index in [1.165, 1.54) is 0 Å². The number of nitrogens with zero attached hydrogens (tertiary/aromatic N) is 2. The molecule has 0 N–H and O–H groups in total. The van der Waals surface area contributed by atoms with Gasteiger partial charge >= 0.3 is 0 Å². The zero-order chi connectivity index (χ0) is 17.9. The number of rotatable bonds is 6. The van der Waals surface area contributed by atoms with Crippen molar-refractivity contribution in [1.82, 2.24) is 9.88 Å². The Morgan fingerprint density at radius 2 is 2.04 bits per heavy atom. The van der Waals surface area contributed by atoms with Crippen LogP contribution in [0.3, 0.4) is 0 Å². The second kappa shape index (κ2) is 8.43. The van der Waals surface area contributed by atoms with E-state index in [0.717, 1.165) is 34.8 Å². The molecule has 0 unspecified atom stereocenters. The number of aromatic nitrogens is 1. The maximum absolute atomic E-state index is 13.1. The van der Waals surface area contributed by atoms with Crippen LogP contribution >= 0.6 is 11.3 Å². The number of morpholine rings is 1. The SMILES string of the molecule is CCCC[C@@H]1CN(C(=O)c2sc(C(C)C)nc2C)C[C@H](C(C)C)O1. The van der Waals surface area contributed by atoms with E-state index in [0.29, 0.717) is 24.9 Å². The van der Waals surface area contributed by atoms with Crippen molar-refractivity contribution in [2.24, 2.45) is 5.92 Å². The van der Waals surface area contributed by atoms with Gasteiger partial charge in [-0.3, -0.25) is 4.79 Å². The van der Waals surface area contributed by atoms with Gasteiger partial charge in [0.05, 0.1) is 22.9 Å². The van der Waals surface area contributed by atoms with Gasteiger partial charge in [0.1, 0.15) is 4.88 Å². The van der Waals surface area contributed by atoms with E-state index in [9.17, 15) is 4.79 Å². The predicted octanol–water partition coefficient (Wildman–Crippen LogP) is 4.63. The Balaban J connectivity index is 2.16. The van der Waals surface area contributed by atoms with E-state index >= 15 is 0 Å². The number of carbonyl (C=O) groups excluding carboxylic acids is 1. The second-order valence-electron chi connectivity index (χ2n) is 7.51. The summed E-state index contributed by atoms with van der Waals surface area (Å²) >= 11 is 1.55. The van der Waals surface area contributed by atoms with E-state index in [2.05, 4.69) is 39.6 Å². The maximum atomic E-state index is 13.1. The molecule has 2 heterocycles. The topological polar surface area (TPSA) is 42.4 Å².